The van der Waals surface area contributed by atoms with Gasteiger partial charge in [-0.3, -0.25) is 4.79 Å². The molecule has 152 valence electrons. The van der Waals surface area contributed by atoms with Crippen LogP contribution in [0.1, 0.15) is 63.2 Å². The maximum atomic E-state index is 12.5. The van der Waals surface area contributed by atoms with Crippen LogP contribution in [0.2, 0.25) is 0 Å². The third kappa shape index (κ3) is 6.91. The molecule has 0 spiro atoms. The van der Waals surface area contributed by atoms with Crippen molar-refractivity contribution in [2.75, 3.05) is 29.9 Å². The van der Waals surface area contributed by atoms with Crippen molar-refractivity contribution in [3.8, 4) is 5.75 Å². The van der Waals surface area contributed by atoms with Gasteiger partial charge in [-0.25, -0.2) is 0 Å². The molecule has 0 aromatic heterocycles. The van der Waals surface area contributed by atoms with Crippen molar-refractivity contribution >= 4 is 17.3 Å². The zero-order valence-corrected chi connectivity index (χ0v) is 17.5. The van der Waals surface area contributed by atoms with Crippen molar-refractivity contribution in [3.05, 3.63) is 54.1 Å². The standard InChI is InChI=1S/C24H34N2O2/c1-4-7-8-9-10-19-28-23-17-11-20(12-18-23)24(27)25-21-13-15-22(16-14-21)26(5-2)6-3/h11-18H,4-10,19H2,1-3H3,(H,25,27). The van der Waals surface area contributed by atoms with E-state index in [0.29, 0.717) is 5.56 Å². The smallest absolute Gasteiger partial charge is 0.255 e. The van der Waals surface area contributed by atoms with Crippen molar-refractivity contribution in [3.63, 3.8) is 0 Å². The van der Waals surface area contributed by atoms with Crippen molar-refractivity contribution < 1.29 is 9.53 Å². The first-order valence-electron chi connectivity index (χ1n) is 10.6. The molecule has 0 saturated carbocycles. The van der Waals surface area contributed by atoms with Crippen LogP contribution in [0.25, 0.3) is 0 Å². The zero-order chi connectivity index (χ0) is 20.2. The lowest BCUT2D eigenvalue weighted by Gasteiger charge is -2.21. The van der Waals surface area contributed by atoms with E-state index in [4.69, 9.17) is 4.74 Å². The van der Waals surface area contributed by atoms with Gasteiger partial charge >= 0.3 is 0 Å². The second-order valence-electron chi connectivity index (χ2n) is 6.96. The monoisotopic (exact) mass is 382 g/mol. The van der Waals surface area contributed by atoms with E-state index < -0.39 is 0 Å². The Morgan fingerprint density at radius 3 is 2.11 bits per heavy atom. The Balaban J connectivity index is 1.82. The molecule has 1 amide bonds. The summed E-state index contributed by atoms with van der Waals surface area (Å²) in [5, 5.41) is 2.95. The summed E-state index contributed by atoms with van der Waals surface area (Å²) >= 11 is 0. The third-order valence-corrected chi connectivity index (χ3v) is 4.89. The van der Waals surface area contributed by atoms with Crippen LogP contribution in [0.3, 0.4) is 0 Å². The Kier molecular flexibility index (Phi) is 9.40. The molecule has 4 heteroatoms. The summed E-state index contributed by atoms with van der Waals surface area (Å²) in [5.41, 5.74) is 2.59. The average molecular weight is 383 g/mol. The maximum absolute atomic E-state index is 12.5. The molecule has 2 rings (SSSR count). The first-order chi connectivity index (χ1) is 13.7. The highest BCUT2D eigenvalue weighted by atomic mass is 16.5. The number of unbranched alkanes of at least 4 members (excludes halogenated alkanes) is 4. The van der Waals surface area contributed by atoms with E-state index in [9.17, 15) is 4.79 Å². The average Bonchev–Trinajstić information content (AvgIpc) is 2.73. The minimum atomic E-state index is -0.110. The molecule has 4 nitrogen and oxygen atoms in total. The van der Waals surface area contributed by atoms with Crippen LogP contribution in [0, 0.1) is 0 Å². The van der Waals surface area contributed by atoms with E-state index in [2.05, 4.69) is 31.0 Å². The number of carbonyl (C=O) groups excluding carboxylic acids is 1. The molecule has 2 aromatic carbocycles. The summed E-state index contributed by atoms with van der Waals surface area (Å²) in [6, 6.07) is 15.3. The molecule has 0 radical (unpaired) electrons. The Bertz CT molecular complexity index is 692. The largest absolute Gasteiger partial charge is 0.494 e. The maximum Gasteiger partial charge on any atom is 0.255 e. The Morgan fingerprint density at radius 2 is 1.50 bits per heavy atom. The van der Waals surface area contributed by atoms with Crippen LogP contribution in [-0.4, -0.2) is 25.6 Å². The predicted molar refractivity (Wildman–Crippen MR) is 119 cm³/mol. The molecule has 0 unspecified atom stereocenters. The topological polar surface area (TPSA) is 41.6 Å². The number of rotatable bonds is 12. The van der Waals surface area contributed by atoms with E-state index in [0.717, 1.165) is 37.6 Å². The molecule has 0 fully saturated rings. The highest BCUT2D eigenvalue weighted by Crippen LogP contribution is 2.19. The molecule has 0 heterocycles. The van der Waals surface area contributed by atoms with Gasteiger partial charge in [-0.05, 0) is 68.8 Å². The fourth-order valence-corrected chi connectivity index (χ4v) is 3.15. The minimum Gasteiger partial charge on any atom is -0.494 e. The highest BCUT2D eigenvalue weighted by molar-refractivity contribution is 6.04. The van der Waals surface area contributed by atoms with E-state index in [1.165, 1.54) is 31.4 Å². The fraction of sp³-hybridized carbons (Fsp3) is 0.458. The van der Waals surface area contributed by atoms with Gasteiger partial charge in [0.1, 0.15) is 5.75 Å². The van der Waals surface area contributed by atoms with Crippen molar-refractivity contribution in [1.29, 1.82) is 0 Å². The third-order valence-electron chi connectivity index (χ3n) is 4.89. The van der Waals surface area contributed by atoms with Crippen LogP contribution in [0.4, 0.5) is 11.4 Å². The van der Waals surface area contributed by atoms with Gasteiger partial charge in [-0.1, -0.05) is 32.6 Å². The minimum absolute atomic E-state index is 0.110. The summed E-state index contributed by atoms with van der Waals surface area (Å²) in [6.45, 7) is 9.16. The SMILES string of the molecule is CCCCCCCOc1ccc(C(=O)Nc2ccc(N(CC)CC)cc2)cc1. The van der Waals surface area contributed by atoms with Crippen LogP contribution >= 0.6 is 0 Å². The van der Waals surface area contributed by atoms with E-state index in [1.54, 1.807) is 0 Å². The summed E-state index contributed by atoms with van der Waals surface area (Å²) in [4.78, 5) is 14.7. The van der Waals surface area contributed by atoms with Gasteiger partial charge in [0.15, 0.2) is 0 Å². The molecular formula is C24H34N2O2. The lowest BCUT2D eigenvalue weighted by Crippen LogP contribution is -2.21. The van der Waals surface area contributed by atoms with Gasteiger partial charge in [-0.15, -0.1) is 0 Å². The molecule has 28 heavy (non-hydrogen) atoms. The number of benzene rings is 2. The van der Waals surface area contributed by atoms with Gasteiger partial charge in [0.2, 0.25) is 0 Å². The first kappa shape index (κ1) is 21.8. The molecule has 0 bridgehead atoms. The number of nitrogens with zero attached hydrogens (tertiary/aromatic N) is 1. The van der Waals surface area contributed by atoms with Gasteiger partial charge < -0.3 is 15.0 Å². The second-order valence-corrected chi connectivity index (χ2v) is 6.96. The van der Waals surface area contributed by atoms with Gasteiger partial charge in [-0.2, -0.15) is 0 Å². The number of hydrogen-bond acceptors (Lipinski definition) is 3. The van der Waals surface area contributed by atoms with E-state index in [1.807, 2.05) is 48.5 Å². The van der Waals surface area contributed by atoms with Gasteiger partial charge in [0.05, 0.1) is 6.61 Å². The van der Waals surface area contributed by atoms with Crippen LogP contribution in [0.5, 0.6) is 5.75 Å². The Morgan fingerprint density at radius 1 is 0.857 bits per heavy atom. The lowest BCUT2D eigenvalue weighted by molar-refractivity contribution is 0.102. The molecule has 0 aliphatic carbocycles. The van der Waals surface area contributed by atoms with Crippen LogP contribution in [-0.2, 0) is 0 Å². The van der Waals surface area contributed by atoms with Crippen LogP contribution < -0.4 is 15.0 Å². The Hall–Kier alpha value is -2.49. The molecule has 0 atom stereocenters. The second kappa shape index (κ2) is 12.1. The van der Waals surface area contributed by atoms with Crippen molar-refractivity contribution in [2.24, 2.45) is 0 Å². The van der Waals surface area contributed by atoms with Crippen molar-refractivity contribution in [2.45, 2.75) is 52.9 Å². The van der Waals surface area contributed by atoms with E-state index >= 15 is 0 Å². The number of carbonyl (C=O) groups is 1. The zero-order valence-electron chi connectivity index (χ0n) is 17.5. The molecular weight excluding hydrogens is 348 g/mol. The quantitative estimate of drug-likeness (QED) is 0.449. The van der Waals surface area contributed by atoms with Crippen molar-refractivity contribution in [1.82, 2.24) is 0 Å². The lowest BCUT2D eigenvalue weighted by atomic mass is 10.1. The number of anilines is 2. The summed E-state index contributed by atoms with van der Waals surface area (Å²) < 4.78 is 5.76. The normalized spacial score (nSPS) is 10.5. The molecule has 2 aromatic rings. The molecule has 0 aliphatic heterocycles. The summed E-state index contributed by atoms with van der Waals surface area (Å²) in [6.07, 6.45) is 6.11. The first-order valence-corrected chi connectivity index (χ1v) is 10.6. The van der Waals surface area contributed by atoms with E-state index in [-0.39, 0.29) is 5.91 Å². The number of amides is 1. The summed E-state index contributed by atoms with van der Waals surface area (Å²) in [7, 11) is 0. The fourth-order valence-electron chi connectivity index (χ4n) is 3.15. The van der Waals surface area contributed by atoms with Gasteiger partial charge in [0, 0.05) is 30.0 Å². The number of nitrogens with one attached hydrogen (secondary N) is 1. The van der Waals surface area contributed by atoms with Gasteiger partial charge in [0.25, 0.3) is 5.91 Å². The number of hydrogen-bond donors (Lipinski definition) is 1. The number of ether oxygens (including phenoxy) is 1. The highest BCUT2D eigenvalue weighted by Gasteiger charge is 2.07. The van der Waals surface area contributed by atoms with Crippen LogP contribution in [0.15, 0.2) is 48.5 Å². The molecule has 0 aliphatic rings. The molecule has 0 saturated heterocycles. The molecule has 1 N–H and O–H groups in total. The Labute approximate surface area is 169 Å². The predicted octanol–water partition coefficient (Wildman–Crippen LogP) is 6.13. The summed E-state index contributed by atoms with van der Waals surface area (Å²) in [5.74, 6) is 0.706.